The number of para-hydroxylation sites is 1. The van der Waals surface area contributed by atoms with E-state index in [0.29, 0.717) is 24.7 Å². The molecular formula is C22H25N3O4S. The van der Waals surface area contributed by atoms with Crippen LogP contribution in [0.25, 0.3) is 0 Å². The van der Waals surface area contributed by atoms with Gasteiger partial charge in [0.15, 0.2) is 0 Å². The number of carbonyl (C=O) groups excluding carboxylic acids is 2. The normalized spacial score (nSPS) is 18.9. The minimum Gasteiger partial charge on any atom is -0.368 e. The highest BCUT2D eigenvalue weighted by Crippen LogP contribution is 2.31. The Hall–Kier alpha value is -2.71. The third-order valence-corrected chi connectivity index (χ3v) is 7.15. The number of nitrogens with one attached hydrogen (secondary N) is 1. The number of rotatable bonds is 7. The summed E-state index contributed by atoms with van der Waals surface area (Å²) >= 11 is 0. The van der Waals surface area contributed by atoms with Crippen LogP contribution in [0.2, 0.25) is 0 Å². The molecule has 0 aromatic heterocycles. The van der Waals surface area contributed by atoms with Gasteiger partial charge in [-0.1, -0.05) is 18.2 Å². The van der Waals surface area contributed by atoms with Gasteiger partial charge in [-0.15, -0.1) is 0 Å². The van der Waals surface area contributed by atoms with E-state index < -0.39 is 10.0 Å². The highest BCUT2D eigenvalue weighted by molar-refractivity contribution is 7.89. The van der Waals surface area contributed by atoms with Gasteiger partial charge in [-0.3, -0.25) is 14.5 Å². The average Bonchev–Trinajstić information content (AvgIpc) is 3.23. The lowest BCUT2D eigenvalue weighted by Gasteiger charge is -2.24. The summed E-state index contributed by atoms with van der Waals surface area (Å²) in [5.41, 5.74) is 2.97. The summed E-state index contributed by atoms with van der Waals surface area (Å²) in [6.07, 6.45) is 2.09. The van der Waals surface area contributed by atoms with Gasteiger partial charge in [0.05, 0.1) is 10.6 Å². The molecule has 2 aliphatic heterocycles. The number of fused-ring (bicyclic) bond motifs is 1. The molecule has 2 heterocycles. The SMILES string of the molecule is CC1Cc2ccccc2N1CCCNS(=O)(=O)c1ccc(N2C(=O)CCC2=O)cc1. The van der Waals surface area contributed by atoms with Crippen LogP contribution in [0.5, 0.6) is 0 Å². The van der Waals surface area contributed by atoms with E-state index >= 15 is 0 Å². The number of sulfonamides is 1. The molecule has 0 bridgehead atoms. The number of hydrogen-bond donors (Lipinski definition) is 1. The molecule has 1 atom stereocenters. The topological polar surface area (TPSA) is 86.8 Å². The maximum Gasteiger partial charge on any atom is 0.240 e. The summed E-state index contributed by atoms with van der Waals surface area (Å²) < 4.78 is 27.8. The van der Waals surface area contributed by atoms with Crippen LogP contribution in [0.1, 0.15) is 31.7 Å². The van der Waals surface area contributed by atoms with E-state index in [-0.39, 0.29) is 29.6 Å². The molecule has 8 heteroatoms. The molecule has 1 unspecified atom stereocenters. The fourth-order valence-electron chi connectivity index (χ4n) is 4.15. The molecule has 1 saturated heterocycles. The molecule has 158 valence electrons. The molecule has 0 saturated carbocycles. The van der Waals surface area contributed by atoms with Crippen molar-refractivity contribution in [1.82, 2.24) is 4.72 Å². The van der Waals surface area contributed by atoms with E-state index in [1.165, 1.54) is 35.5 Å². The number of imide groups is 1. The van der Waals surface area contributed by atoms with Gasteiger partial charge >= 0.3 is 0 Å². The molecule has 0 radical (unpaired) electrons. The number of carbonyl (C=O) groups is 2. The standard InChI is InChI=1S/C22H25N3O4S/c1-16-15-17-5-2-3-6-20(17)24(16)14-4-13-23-30(28,29)19-9-7-18(8-10-19)25-21(26)11-12-22(25)27/h2-3,5-10,16,23H,4,11-15H2,1H3. The molecule has 30 heavy (non-hydrogen) atoms. The Morgan fingerprint density at radius 3 is 2.37 bits per heavy atom. The van der Waals surface area contributed by atoms with E-state index in [0.717, 1.165) is 17.9 Å². The second-order valence-corrected chi connectivity index (χ2v) is 9.51. The van der Waals surface area contributed by atoms with Gasteiger partial charge in [0, 0.05) is 37.7 Å². The van der Waals surface area contributed by atoms with Crippen LogP contribution in [-0.2, 0) is 26.0 Å². The maximum absolute atomic E-state index is 12.6. The summed E-state index contributed by atoms with van der Waals surface area (Å²) in [6.45, 7) is 3.29. The Bertz CT molecular complexity index is 1050. The van der Waals surface area contributed by atoms with E-state index in [1.54, 1.807) is 0 Å². The average molecular weight is 428 g/mol. The Balaban J connectivity index is 1.34. The first-order valence-corrected chi connectivity index (χ1v) is 11.7. The predicted octanol–water partition coefficient (Wildman–Crippen LogP) is 2.46. The Labute approximate surface area is 176 Å². The van der Waals surface area contributed by atoms with Gasteiger partial charge in [-0.05, 0) is 55.7 Å². The largest absolute Gasteiger partial charge is 0.368 e. The van der Waals surface area contributed by atoms with Crippen molar-refractivity contribution in [3.63, 3.8) is 0 Å². The summed E-state index contributed by atoms with van der Waals surface area (Å²) in [5.74, 6) is -0.516. The van der Waals surface area contributed by atoms with Crippen molar-refractivity contribution in [3.8, 4) is 0 Å². The van der Waals surface area contributed by atoms with Crippen molar-refractivity contribution in [2.45, 2.75) is 43.5 Å². The smallest absolute Gasteiger partial charge is 0.240 e. The lowest BCUT2D eigenvalue weighted by Crippen LogP contribution is -2.33. The lowest BCUT2D eigenvalue weighted by atomic mass is 10.1. The van der Waals surface area contributed by atoms with Gasteiger partial charge in [0.2, 0.25) is 21.8 Å². The fraction of sp³-hybridized carbons (Fsp3) is 0.364. The first-order chi connectivity index (χ1) is 14.4. The minimum atomic E-state index is -3.65. The number of amides is 2. The molecule has 0 spiro atoms. The summed E-state index contributed by atoms with van der Waals surface area (Å²) in [4.78, 5) is 27.2. The van der Waals surface area contributed by atoms with Gasteiger partial charge < -0.3 is 4.90 Å². The highest BCUT2D eigenvalue weighted by Gasteiger charge is 2.30. The van der Waals surface area contributed by atoms with Crippen LogP contribution in [0.15, 0.2) is 53.4 Å². The number of nitrogens with zero attached hydrogens (tertiary/aromatic N) is 2. The van der Waals surface area contributed by atoms with Gasteiger partial charge in [-0.2, -0.15) is 0 Å². The fourth-order valence-corrected chi connectivity index (χ4v) is 5.22. The van der Waals surface area contributed by atoms with Crippen LogP contribution in [0, 0.1) is 0 Å². The first kappa shape index (κ1) is 20.6. The van der Waals surface area contributed by atoms with Crippen molar-refractivity contribution in [2.24, 2.45) is 0 Å². The van der Waals surface area contributed by atoms with Crippen LogP contribution in [0.3, 0.4) is 0 Å². The van der Waals surface area contributed by atoms with Crippen molar-refractivity contribution >= 4 is 33.2 Å². The van der Waals surface area contributed by atoms with Crippen LogP contribution in [0.4, 0.5) is 11.4 Å². The minimum absolute atomic E-state index is 0.116. The summed E-state index contributed by atoms with van der Waals surface area (Å²) in [5, 5.41) is 0. The monoisotopic (exact) mass is 427 g/mol. The molecule has 2 amide bonds. The third-order valence-electron chi connectivity index (χ3n) is 5.67. The van der Waals surface area contributed by atoms with Crippen LogP contribution in [-0.4, -0.2) is 39.4 Å². The molecule has 4 rings (SSSR count). The van der Waals surface area contributed by atoms with Crippen LogP contribution < -0.4 is 14.5 Å². The van der Waals surface area contributed by atoms with Crippen molar-refractivity contribution in [3.05, 3.63) is 54.1 Å². The Kier molecular flexibility index (Phi) is 5.62. The zero-order valence-electron chi connectivity index (χ0n) is 16.9. The molecule has 2 aliphatic rings. The van der Waals surface area contributed by atoms with Gasteiger partial charge in [0.25, 0.3) is 0 Å². The molecule has 2 aromatic rings. The summed E-state index contributed by atoms with van der Waals surface area (Å²) in [6, 6.07) is 14.6. The Morgan fingerprint density at radius 2 is 1.67 bits per heavy atom. The van der Waals surface area contributed by atoms with E-state index in [1.807, 2.05) is 12.1 Å². The van der Waals surface area contributed by atoms with E-state index in [4.69, 9.17) is 0 Å². The Morgan fingerprint density at radius 1 is 1.00 bits per heavy atom. The maximum atomic E-state index is 12.6. The number of anilines is 2. The van der Waals surface area contributed by atoms with E-state index in [9.17, 15) is 18.0 Å². The summed E-state index contributed by atoms with van der Waals surface area (Å²) in [7, 11) is -3.65. The zero-order valence-corrected chi connectivity index (χ0v) is 17.7. The molecule has 7 nitrogen and oxygen atoms in total. The quantitative estimate of drug-likeness (QED) is 0.542. The molecule has 1 N–H and O–H groups in total. The molecule has 0 aliphatic carbocycles. The molecular weight excluding hydrogens is 402 g/mol. The van der Waals surface area contributed by atoms with Gasteiger partial charge in [0.1, 0.15) is 0 Å². The molecule has 1 fully saturated rings. The first-order valence-electron chi connectivity index (χ1n) is 10.2. The van der Waals surface area contributed by atoms with Crippen molar-refractivity contribution < 1.29 is 18.0 Å². The highest BCUT2D eigenvalue weighted by atomic mass is 32.2. The van der Waals surface area contributed by atoms with Crippen molar-refractivity contribution in [1.29, 1.82) is 0 Å². The van der Waals surface area contributed by atoms with Gasteiger partial charge in [-0.25, -0.2) is 13.1 Å². The van der Waals surface area contributed by atoms with Crippen LogP contribution >= 0.6 is 0 Å². The number of hydrogen-bond acceptors (Lipinski definition) is 5. The van der Waals surface area contributed by atoms with E-state index in [2.05, 4.69) is 28.7 Å². The second-order valence-electron chi connectivity index (χ2n) is 7.74. The predicted molar refractivity (Wildman–Crippen MR) is 115 cm³/mol. The zero-order chi connectivity index (χ0) is 21.3. The molecule has 2 aromatic carbocycles. The second kappa shape index (κ2) is 8.20. The number of benzene rings is 2. The third kappa shape index (κ3) is 3.97. The lowest BCUT2D eigenvalue weighted by molar-refractivity contribution is -0.121. The van der Waals surface area contributed by atoms with Crippen molar-refractivity contribution in [2.75, 3.05) is 22.9 Å².